The number of carboxylic acid groups (broad SMARTS) is 1. The third kappa shape index (κ3) is 6.34. The first-order valence-electron chi connectivity index (χ1n) is 6.92. The van der Waals surface area contributed by atoms with Crippen LogP contribution in [0.25, 0.3) is 0 Å². The van der Waals surface area contributed by atoms with Gasteiger partial charge in [0.05, 0.1) is 20.8 Å². The van der Waals surface area contributed by atoms with E-state index in [-0.39, 0.29) is 39.5 Å². The second-order valence-corrected chi connectivity index (χ2v) is 9.08. The number of halogens is 2. The molecule has 134 valence electrons. The van der Waals surface area contributed by atoms with E-state index >= 15 is 0 Å². The van der Waals surface area contributed by atoms with E-state index in [1.165, 1.54) is 30.8 Å². The van der Waals surface area contributed by atoms with Crippen LogP contribution in [0.2, 0.25) is 10.0 Å². The molecule has 0 aliphatic heterocycles. The van der Waals surface area contributed by atoms with E-state index < -0.39 is 21.9 Å². The zero-order chi connectivity index (χ0) is 18.8. The fourth-order valence-corrected chi connectivity index (χ4v) is 3.99. The minimum atomic E-state index is -3.37. The first-order valence-corrected chi connectivity index (χ1v) is 10.4. The zero-order valence-corrected chi connectivity index (χ0v) is 19.3. The number of sulfone groups is 1. The minimum Gasteiger partial charge on any atom is -0.546 e. The van der Waals surface area contributed by atoms with Crippen LogP contribution in [0.5, 0.6) is 5.75 Å². The summed E-state index contributed by atoms with van der Waals surface area (Å²) < 4.78 is 28.5. The molecule has 0 amide bonds. The Morgan fingerprint density at radius 1 is 1.15 bits per heavy atom. The molecule has 0 aliphatic rings. The van der Waals surface area contributed by atoms with Gasteiger partial charge in [0.1, 0.15) is 11.9 Å². The van der Waals surface area contributed by atoms with Crippen LogP contribution in [0.3, 0.4) is 0 Å². The molecule has 0 radical (unpaired) electrons. The molecule has 0 N–H and O–H groups in total. The quantitative estimate of drug-likeness (QED) is 0.588. The fourth-order valence-electron chi connectivity index (χ4n) is 1.81. The van der Waals surface area contributed by atoms with E-state index in [1.54, 1.807) is 24.3 Å². The molecule has 0 heterocycles. The van der Waals surface area contributed by atoms with Gasteiger partial charge in [0, 0.05) is 16.2 Å². The van der Waals surface area contributed by atoms with Gasteiger partial charge in [-0.3, -0.25) is 0 Å². The minimum absolute atomic E-state index is 0. The van der Waals surface area contributed by atoms with Crippen molar-refractivity contribution in [2.45, 2.75) is 27.7 Å². The van der Waals surface area contributed by atoms with Crippen molar-refractivity contribution < 1.29 is 52.6 Å². The number of hydrogen-bond acceptors (Lipinski definition) is 6. The monoisotopic (exact) mass is 442 g/mol. The summed E-state index contributed by atoms with van der Waals surface area (Å²) in [6.45, 7) is 1.35. The smallest absolute Gasteiger partial charge is 0.546 e. The molecule has 10 heteroatoms. The number of carbonyl (C=O) groups is 1. The summed E-state index contributed by atoms with van der Waals surface area (Å²) in [7, 11) is -3.37. The van der Waals surface area contributed by atoms with E-state index in [2.05, 4.69) is 0 Å². The van der Waals surface area contributed by atoms with Crippen molar-refractivity contribution in [2.24, 2.45) is 0 Å². The Bertz CT molecular complexity index is 919. The van der Waals surface area contributed by atoms with Crippen molar-refractivity contribution in [1.29, 1.82) is 0 Å². The van der Waals surface area contributed by atoms with Gasteiger partial charge in [0.15, 0.2) is 9.84 Å². The molecule has 2 aromatic rings. The number of aliphatic carboxylic acids is 1. The molecule has 1 atom stereocenters. The van der Waals surface area contributed by atoms with E-state index in [0.29, 0.717) is 20.6 Å². The summed E-state index contributed by atoms with van der Waals surface area (Å²) in [5, 5.41) is 11.6. The predicted octanol–water partition coefficient (Wildman–Crippen LogP) is 0.0693. The fraction of sp³-hybridized carbons (Fsp3) is 0.188. The summed E-state index contributed by atoms with van der Waals surface area (Å²) >= 11 is 13.3. The van der Waals surface area contributed by atoms with Crippen molar-refractivity contribution in [3.63, 3.8) is 0 Å². The maximum absolute atomic E-state index is 11.6. The molecule has 2 rings (SSSR count). The van der Waals surface area contributed by atoms with Crippen LogP contribution in [-0.2, 0) is 14.6 Å². The molecule has 0 aromatic heterocycles. The Labute approximate surface area is 188 Å². The predicted molar refractivity (Wildman–Crippen MR) is 95.2 cm³/mol. The number of carbonyl (C=O) groups excluding carboxylic acids is 1. The van der Waals surface area contributed by atoms with Crippen molar-refractivity contribution in [3.8, 4) is 5.75 Å². The molecule has 0 unspecified atom stereocenters. The summed E-state index contributed by atoms with van der Waals surface area (Å²) in [6, 6.07) is 9.08. The van der Waals surface area contributed by atoms with Crippen LogP contribution in [0.1, 0.15) is 6.92 Å². The summed E-state index contributed by atoms with van der Waals surface area (Å²) in [6.07, 6.45) is -0.0565. The Morgan fingerprint density at radius 3 is 2.35 bits per heavy atom. The topological polar surface area (TPSA) is 83.5 Å². The molecule has 5 nitrogen and oxygen atoms in total. The molecule has 0 aliphatic carbocycles. The van der Waals surface area contributed by atoms with E-state index in [0.717, 1.165) is 6.26 Å². The summed E-state index contributed by atoms with van der Waals surface area (Å²) in [4.78, 5) is 12.1. The molecular formula is C16H13Cl2NaO5S2. The van der Waals surface area contributed by atoms with Crippen LogP contribution in [-0.4, -0.2) is 26.7 Å². The Hall–Kier alpha value is -0.410. The number of benzene rings is 2. The largest absolute Gasteiger partial charge is 1.00 e. The molecule has 0 saturated heterocycles. The zero-order valence-electron chi connectivity index (χ0n) is 14.2. The van der Waals surface area contributed by atoms with Gasteiger partial charge in [-0.25, -0.2) is 8.42 Å². The van der Waals surface area contributed by atoms with Crippen molar-refractivity contribution in [1.82, 2.24) is 0 Å². The van der Waals surface area contributed by atoms with Gasteiger partial charge in [-0.05, 0) is 43.3 Å². The van der Waals surface area contributed by atoms with Gasteiger partial charge in [0.25, 0.3) is 0 Å². The van der Waals surface area contributed by atoms with Crippen LogP contribution in [0.15, 0.2) is 51.1 Å². The molecule has 0 bridgehead atoms. The molecular weight excluding hydrogens is 430 g/mol. The van der Waals surface area contributed by atoms with Gasteiger partial charge in [-0.2, -0.15) is 0 Å². The van der Waals surface area contributed by atoms with E-state index in [1.807, 2.05) is 0 Å². The van der Waals surface area contributed by atoms with Crippen LogP contribution in [0.4, 0.5) is 0 Å². The summed E-state index contributed by atoms with van der Waals surface area (Å²) in [5.74, 6) is -1.05. The Balaban J connectivity index is 0.00000338. The maximum atomic E-state index is 11.6. The Morgan fingerprint density at radius 2 is 1.81 bits per heavy atom. The van der Waals surface area contributed by atoms with Gasteiger partial charge < -0.3 is 14.6 Å². The molecule has 2 aromatic carbocycles. The van der Waals surface area contributed by atoms with Gasteiger partial charge >= 0.3 is 29.6 Å². The van der Waals surface area contributed by atoms with Crippen molar-refractivity contribution >= 4 is 50.8 Å². The van der Waals surface area contributed by atoms with E-state index in [9.17, 15) is 18.3 Å². The van der Waals surface area contributed by atoms with Crippen LogP contribution in [0, 0.1) is 0 Å². The van der Waals surface area contributed by atoms with E-state index in [4.69, 9.17) is 27.9 Å². The number of hydrogen-bond donors (Lipinski definition) is 0. The normalized spacial score (nSPS) is 12.2. The van der Waals surface area contributed by atoms with Crippen molar-refractivity contribution in [2.75, 3.05) is 6.26 Å². The molecule has 26 heavy (non-hydrogen) atoms. The second kappa shape index (κ2) is 9.68. The van der Waals surface area contributed by atoms with Crippen LogP contribution >= 0.6 is 35.0 Å². The number of rotatable bonds is 6. The molecule has 0 saturated carbocycles. The third-order valence-electron chi connectivity index (χ3n) is 3.09. The van der Waals surface area contributed by atoms with Gasteiger partial charge in [0.2, 0.25) is 0 Å². The standard InChI is InChI=1S/C16H14Cl2O5S2.Na/c1-9(16(19)20)23-13-5-3-10(17)7-15(13)24-14-6-4-11(8-12(14)18)25(2,21)22;/h3-9H,1-2H3,(H,19,20);/q;+1/p-1/t9-;/m0./s1. The van der Waals surface area contributed by atoms with Gasteiger partial charge in [-0.1, -0.05) is 35.0 Å². The third-order valence-corrected chi connectivity index (χ3v) is 5.98. The van der Waals surface area contributed by atoms with Crippen molar-refractivity contribution in [3.05, 3.63) is 46.4 Å². The average molecular weight is 443 g/mol. The average Bonchev–Trinajstić information content (AvgIpc) is 2.50. The Kier molecular flexibility index (Phi) is 8.80. The second-order valence-electron chi connectivity index (χ2n) is 5.14. The van der Waals surface area contributed by atoms with Crippen LogP contribution < -0.4 is 39.4 Å². The first kappa shape index (κ1) is 23.6. The number of carboxylic acids is 1. The van der Waals surface area contributed by atoms with Gasteiger partial charge in [-0.15, -0.1) is 0 Å². The number of ether oxygens (including phenoxy) is 1. The molecule has 0 fully saturated rings. The maximum Gasteiger partial charge on any atom is 1.00 e. The summed E-state index contributed by atoms with van der Waals surface area (Å²) in [5.41, 5.74) is 0. The first-order chi connectivity index (χ1) is 11.6. The molecule has 0 spiro atoms. The SMILES string of the molecule is C[C@H](Oc1ccc(Cl)cc1Sc1ccc(S(C)(=O)=O)cc1Cl)C(=O)[O-].[Na+].